The van der Waals surface area contributed by atoms with E-state index >= 15 is 0 Å². The molecular weight excluding hydrogens is 212 g/mol. The van der Waals surface area contributed by atoms with Gasteiger partial charge in [0, 0.05) is 19.1 Å². The largest absolute Gasteiger partial charge is 0.355 e. The lowest BCUT2D eigenvalue weighted by Crippen LogP contribution is -2.52. The van der Waals surface area contributed by atoms with Gasteiger partial charge in [-0.25, -0.2) is 0 Å². The highest BCUT2D eigenvalue weighted by molar-refractivity contribution is 5.39. The number of piperidine rings is 2. The number of aromatic nitrogens is 2. The zero-order valence-corrected chi connectivity index (χ0v) is 10.4. The van der Waals surface area contributed by atoms with Crippen LogP contribution in [-0.2, 0) is 0 Å². The Balaban J connectivity index is 1.73. The molecule has 1 aromatic rings. The van der Waals surface area contributed by atoms with E-state index in [1.165, 1.54) is 31.4 Å². The standard InChI is InChI=1S/C13H20N4/c1-10-7-13(16-15-8-10)17-6-4-12-11(9-17)3-2-5-14-12/h7-8,11-12,14H,2-6,9H2,1H3. The maximum atomic E-state index is 4.26. The Kier molecular flexibility index (Phi) is 2.97. The van der Waals surface area contributed by atoms with Crippen LogP contribution in [0.15, 0.2) is 12.3 Å². The van der Waals surface area contributed by atoms with Crippen LogP contribution < -0.4 is 10.2 Å². The van der Waals surface area contributed by atoms with Gasteiger partial charge in [-0.2, -0.15) is 5.10 Å². The first-order chi connectivity index (χ1) is 8.33. The Morgan fingerprint density at radius 1 is 1.41 bits per heavy atom. The van der Waals surface area contributed by atoms with Gasteiger partial charge in [0.15, 0.2) is 5.82 Å². The van der Waals surface area contributed by atoms with Gasteiger partial charge < -0.3 is 10.2 Å². The summed E-state index contributed by atoms with van der Waals surface area (Å²) in [6.07, 6.45) is 5.72. The third-order valence-electron chi connectivity index (χ3n) is 3.99. The first kappa shape index (κ1) is 11.0. The molecule has 0 bridgehead atoms. The summed E-state index contributed by atoms with van der Waals surface area (Å²) in [5.74, 6) is 1.84. The molecule has 3 heterocycles. The Morgan fingerprint density at radius 3 is 3.24 bits per heavy atom. The Morgan fingerprint density at radius 2 is 2.35 bits per heavy atom. The van der Waals surface area contributed by atoms with E-state index in [2.05, 4.69) is 33.4 Å². The van der Waals surface area contributed by atoms with Crippen molar-refractivity contribution in [2.75, 3.05) is 24.5 Å². The average molecular weight is 232 g/mol. The van der Waals surface area contributed by atoms with Gasteiger partial charge in [-0.15, -0.1) is 5.10 Å². The maximum absolute atomic E-state index is 4.26. The number of nitrogens with zero attached hydrogens (tertiary/aromatic N) is 3. The van der Waals surface area contributed by atoms with Crippen LogP contribution in [0.1, 0.15) is 24.8 Å². The minimum Gasteiger partial charge on any atom is -0.355 e. The SMILES string of the molecule is Cc1cnnc(N2CCC3NCCCC3C2)c1. The summed E-state index contributed by atoms with van der Waals surface area (Å²) in [7, 11) is 0. The van der Waals surface area contributed by atoms with Crippen molar-refractivity contribution in [3.05, 3.63) is 17.8 Å². The highest BCUT2D eigenvalue weighted by Crippen LogP contribution is 2.27. The summed E-state index contributed by atoms with van der Waals surface area (Å²) in [5.41, 5.74) is 1.19. The van der Waals surface area contributed by atoms with E-state index in [1.807, 2.05) is 6.20 Å². The minimum absolute atomic E-state index is 0.734. The molecule has 2 aliphatic heterocycles. The number of aryl methyl sites for hydroxylation is 1. The van der Waals surface area contributed by atoms with E-state index < -0.39 is 0 Å². The number of hydrogen-bond donors (Lipinski definition) is 1. The van der Waals surface area contributed by atoms with E-state index in [1.54, 1.807) is 0 Å². The summed E-state index contributed by atoms with van der Waals surface area (Å²) >= 11 is 0. The van der Waals surface area contributed by atoms with Gasteiger partial charge >= 0.3 is 0 Å². The molecule has 0 aromatic carbocycles. The van der Waals surface area contributed by atoms with Crippen LogP contribution in [0.5, 0.6) is 0 Å². The highest BCUT2D eigenvalue weighted by Gasteiger charge is 2.31. The average Bonchev–Trinajstić information content (AvgIpc) is 2.38. The van der Waals surface area contributed by atoms with Crippen LogP contribution in [-0.4, -0.2) is 35.9 Å². The number of hydrogen-bond acceptors (Lipinski definition) is 4. The molecule has 3 rings (SSSR count). The van der Waals surface area contributed by atoms with Gasteiger partial charge in [-0.3, -0.25) is 0 Å². The van der Waals surface area contributed by atoms with Crippen molar-refractivity contribution in [1.82, 2.24) is 15.5 Å². The normalized spacial score (nSPS) is 28.9. The van der Waals surface area contributed by atoms with Crippen molar-refractivity contribution >= 4 is 5.82 Å². The van der Waals surface area contributed by atoms with Crippen LogP contribution in [0.2, 0.25) is 0 Å². The second-order valence-corrected chi connectivity index (χ2v) is 5.29. The summed E-state index contributed by atoms with van der Waals surface area (Å²) in [4.78, 5) is 2.40. The molecular formula is C13H20N4. The molecule has 2 saturated heterocycles. The topological polar surface area (TPSA) is 41.1 Å². The van der Waals surface area contributed by atoms with Crippen molar-refractivity contribution < 1.29 is 0 Å². The van der Waals surface area contributed by atoms with Crippen molar-refractivity contribution in [3.63, 3.8) is 0 Å². The van der Waals surface area contributed by atoms with E-state index in [0.717, 1.165) is 30.9 Å². The van der Waals surface area contributed by atoms with Crippen LogP contribution >= 0.6 is 0 Å². The molecule has 4 heteroatoms. The molecule has 0 radical (unpaired) electrons. The van der Waals surface area contributed by atoms with Crippen molar-refractivity contribution in [1.29, 1.82) is 0 Å². The van der Waals surface area contributed by atoms with Crippen molar-refractivity contribution in [2.45, 2.75) is 32.2 Å². The Labute approximate surface area is 102 Å². The lowest BCUT2D eigenvalue weighted by molar-refractivity contribution is 0.243. The van der Waals surface area contributed by atoms with Gasteiger partial charge in [-0.1, -0.05) is 0 Å². The first-order valence-electron chi connectivity index (χ1n) is 6.60. The second-order valence-electron chi connectivity index (χ2n) is 5.29. The van der Waals surface area contributed by atoms with Gasteiger partial charge in [0.25, 0.3) is 0 Å². The number of fused-ring (bicyclic) bond motifs is 1. The van der Waals surface area contributed by atoms with E-state index in [9.17, 15) is 0 Å². The highest BCUT2D eigenvalue weighted by atomic mass is 15.3. The molecule has 1 aromatic heterocycles. The molecule has 2 aliphatic rings. The predicted octanol–water partition coefficient (Wildman–Crippen LogP) is 1.36. The van der Waals surface area contributed by atoms with Crippen molar-refractivity contribution in [3.8, 4) is 0 Å². The van der Waals surface area contributed by atoms with Gasteiger partial charge in [-0.05, 0) is 50.3 Å². The number of nitrogens with one attached hydrogen (secondary N) is 1. The van der Waals surface area contributed by atoms with Gasteiger partial charge in [0.2, 0.25) is 0 Å². The van der Waals surface area contributed by atoms with E-state index in [-0.39, 0.29) is 0 Å². The first-order valence-corrected chi connectivity index (χ1v) is 6.60. The fraction of sp³-hybridized carbons (Fsp3) is 0.692. The molecule has 0 spiro atoms. The number of anilines is 1. The van der Waals surface area contributed by atoms with Crippen LogP contribution in [0.3, 0.4) is 0 Å². The summed E-state index contributed by atoms with van der Waals surface area (Å²) in [6, 6.07) is 2.88. The van der Waals surface area contributed by atoms with E-state index in [0.29, 0.717) is 0 Å². The van der Waals surface area contributed by atoms with Gasteiger partial charge in [0.05, 0.1) is 6.20 Å². The quantitative estimate of drug-likeness (QED) is 0.794. The summed E-state index contributed by atoms with van der Waals surface area (Å²) in [6.45, 7) is 5.51. The fourth-order valence-corrected chi connectivity index (χ4v) is 3.06. The molecule has 0 aliphatic carbocycles. The van der Waals surface area contributed by atoms with Crippen LogP contribution in [0, 0.1) is 12.8 Å². The summed E-state index contributed by atoms with van der Waals surface area (Å²) in [5, 5.41) is 12.0. The Bertz CT molecular complexity index is 393. The van der Waals surface area contributed by atoms with Crippen LogP contribution in [0.4, 0.5) is 5.82 Å². The third kappa shape index (κ3) is 2.27. The Hall–Kier alpha value is -1.16. The van der Waals surface area contributed by atoms with E-state index in [4.69, 9.17) is 0 Å². The molecule has 2 fully saturated rings. The molecule has 4 nitrogen and oxygen atoms in total. The molecule has 2 unspecified atom stereocenters. The van der Waals surface area contributed by atoms with Crippen LogP contribution in [0.25, 0.3) is 0 Å². The molecule has 17 heavy (non-hydrogen) atoms. The number of rotatable bonds is 1. The molecule has 0 saturated carbocycles. The second kappa shape index (κ2) is 4.61. The minimum atomic E-state index is 0.734. The smallest absolute Gasteiger partial charge is 0.151 e. The fourth-order valence-electron chi connectivity index (χ4n) is 3.06. The lowest BCUT2D eigenvalue weighted by atomic mass is 9.85. The zero-order chi connectivity index (χ0) is 11.7. The summed E-state index contributed by atoms with van der Waals surface area (Å²) < 4.78 is 0. The third-order valence-corrected chi connectivity index (χ3v) is 3.99. The molecule has 2 atom stereocenters. The lowest BCUT2D eigenvalue weighted by Gasteiger charge is -2.42. The monoisotopic (exact) mass is 232 g/mol. The zero-order valence-electron chi connectivity index (χ0n) is 10.4. The van der Waals surface area contributed by atoms with Gasteiger partial charge in [0.1, 0.15) is 0 Å². The molecule has 92 valence electrons. The predicted molar refractivity (Wildman–Crippen MR) is 68.1 cm³/mol. The molecule has 1 N–H and O–H groups in total. The van der Waals surface area contributed by atoms with Crippen molar-refractivity contribution in [2.24, 2.45) is 5.92 Å². The molecule has 0 amide bonds. The maximum Gasteiger partial charge on any atom is 0.151 e.